The summed E-state index contributed by atoms with van der Waals surface area (Å²) < 4.78 is 5.49. The number of aliphatic hydroxyl groups excluding tert-OH is 2. The SMILES string of the molecule is CCCCCC/C=C\C/C=C\CCCCCCCCCC(=O)OCCCCCCCCCCCCCCCCCCCC(=O)NC(CO)C(O)/C=C/CCCCCCCCCCCCCCCCCCC. The fourth-order valence-corrected chi connectivity index (χ4v) is 9.78. The van der Waals surface area contributed by atoms with Crippen LogP contribution >= 0.6 is 0 Å². The van der Waals surface area contributed by atoms with Crippen LogP contribution in [0.25, 0.3) is 0 Å². The largest absolute Gasteiger partial charge is 0.466 e. The molecule has 0 bridgehead atoms. The molecule has 6 nitrogen and oxygen atoms in total. The minimum atomic E-state index is -0.849. The van der Waals surface area contributed by atoms with Crippen molar-refractivity contribution in [3.8, 4) is 0 Å². The smallest absolute Gasteiger partial charge is 0.305 e. The van der Waals surface area contributed by atoms with E-state index in [-0.39, 0.29) is 18.5 Å². The maximum atomic E-state index is 12.5. The third-order valence-corrected chi connectivity index (χ3v) is 14.7. The second kappa shape index (κ2) is 60.6. The summed E-state index contributed by atoms with van der Waals surface area (Å²) in [7, 11) is 0. The number of ether oxygens (including phenoxy) is 1. The molecule has 0 aliphatic heterocycles. The number of allylic oxidation sites excluding steroid dienone is 5. The van der Waals surface area contributed by atoms with Gasteiger partial charge in [0.2, 0.25) is 5.91 Å². The van der Waals surface area contributed by atoms with E-state index in [1.807, 2.05) is 6.08 Å². The number of carbonyl (C=O) groups is 2. The fraction of sp³-hybridized carbons (Fsp3) is 0.877. The highest BCUT2D eigenvalue weighted by atomic mass is 16.5. The number of hydrogen-bond donors (Lipinski definition) is 3. The van der Waals surface area contributed by atoms with Gasteiger partial charge >= 0.3 is 5.97 Å². The van der Waals surface area contributed by atoms with Gasteiger partial charge in [0.05, 0.1) is 25.4 Å². The van der Waals surface area contributed by atoms with Crippen LogP contribution in [0.5, 0.6) is 0 Å². The van der Waals surface area contributed by atoms with Crippen LogP contribution in [0.3, 0.4) is 0 Å². The molecular formula is C65H123NO5. The number of rotatable bonds is 59. The minimum Gasteiger partial charge on any atom is -0.466 e. The van der Waals surface area contributed by atoms with Crippen LogP contribution in [0.4, 0.5) is 0 Å². The summed E-state index contributed by atoms with van der Waals surface area (Å²) in [6.45, 7) is 4.89. The van der Waals surface area contributed by atoms with Crippen molar-refractivity contribution >= 4 is 11.9 Å². The lowest BCUT2D eigenvalue weighted by molar-refractivity contribution is -0.143. The Bertz CT molecular complexity index is 1150. The van der Waals surface area contributed by atoms with Crippen molar-refractivity contribution in [2.75, 3.05) is 13.2 Å². The fourth-order valence-electron chi connectivity index (χ4n) is 9.78. The van der Waals surface area contributed by atoms with Crippen LogP contribution in [-0.4, -0.2) is 47.4 Å². The summed E-state index contributed by atoms with van der Waals surface area (Å²) in [5.41, 5.74) is 0. The number of carbonyl (C=O) groups excluding carboxylic acids is 2. The molecule has 418 valence electrons. The van der Waals surface area contributed by atoms with E-state index in [0.29, 0.717) is 19.4 Å². The number of nitrogens with one attached hydrogen (secondary N) is 1. The Morgan fingerprint density at radius 1 is 0.394 bits per heavy atom. The Morgan fingerprint density at radius 2 is 0.704 bits per heavy atom. The molecule has 0 saturated carbocycles. The molecule has 2 unspecified atom stereocenters. The quantitative estimate of drug-likeness (QED) is 0.0321. The Labute approximate surface area is 443 Å². The first-order chi connectivity index (χ1) is 35.0. The molecule has 71 heavy (non-hydrogen) atoms. The zero-order valence-corrected chi connectivity index (χ0v) is 47.7. The molecule has 0 radical (unpaired) electrons. The second-order valence-electron chi connectivity index (χ2n) is 21.7. The third-order valence-electron chi connectivity index (χ3n) is 14.7. The van der Waals surface area contributed by atoms with Gasteiger partial charge in [-0.15, -0.1) is 0 Å². The molecule has 0 heterocycles. The first kappa shape index (κ1) is 69.1. The molecule has 0 aliphatic rings. The van der Waals surface area contributed by atoms with Crippen molar-refractivity contribution < 1.29 is 24.5 Å². The summed E-state index contributed by atoms with van der Waals surface area (Å²) >= 11 is 0. The molecule has 0 spiro atoms. The highest BCUT2D eigenvalue weighted by molar-refractivity contribution is 5.76. The van der Waals surface area contributed by atoms with E-state index in [9.17, 15) is 19.8 Å². The summed E-state index contributed by atoms with van der Waals surface area (Å²) in [5.74, 6) is -0.0736. The zero-order valence-electron chi connectivity index (χ0n) is 47.7. The monoisotopic (exact) mass is 998 g/mol. The van der Waals surface area contributed by atoms with Crippen LogP contribution in [0.15, 0.2) is 36.5 Å². The van der Waals surface area contributed by atoms with Crippen molar-refractivity contribution in [1.29, 1.82) is 0 Å². The molecule has 2 atom stereocenters. The standard InChI is InChI=1S/C65H123NO5/c1-3-5-7-9-11-13-15-17-19-21-23-25-29-33-37-41-45-49-53-57-63(68)62(61-67)66-64(69)58-54-50-46-42-38-34-30-26-24-28-32-36-40-44-48-52-56-60-71-65(70)59-55-51-47-43-39-35-31-27-22-20-18-16-14-12-10-8-6-4-2/h14,16,20,22,53,57,62-63,67-68H,3-13,15,17-19,21,23-52,54-56,58-61H2,1-2H3,(H,66,69)/b16-14-,22-20-,57-53+. The molecule has 0 fully saturated rings. The lowest BCUT2D eigenvalue weighted by Gasteiger charge is -2.20. The molecule has 0 rings (SSSR count). The summed E-state index contributed by atoms with van der Waals surface area (Å²) in [6, 6.07) is -0.633. The second-order valence-corrected chi connectivity index (χ2v) is 21.7. The van der Waals surface area contributed by atoms with E-state index in [0.717, 1.165) is 51.4 Å². The van der Waals surface area contributed by atoms with Crippen LogP contribution in [0.2, 0.25) is 0 Å². The van der Waals surface area contributed by atoms with Gasteiger partial charge < -0.3 is 20.3 Å². The molecule has 6 heteroatoms. The Morgan fingerprint density at radius 3 is 1.08 bits per heavy atom. The van der Waals surface area contributed by atoms with Crippen LogP contribution in [-0.2, 0) is 14.3 Å². The third kappa shape index (κ3) is 57.2. The first-order valence-electron chi connectivity index (χ1n) is 31.8. The summed E-state index contributed by atoms with van der Waals surface area (Å²) in [4.78, 5) is 24.6. The first-order valence-corrected chi connectivity index (χ1v) is 31.8. The van der Waals surface area contributed by atoms with Crippen molar-refractivity contribution in [3.63, 3.8) is 0 Å². The van der Waals surface area contributed by atoms with Gasteiger partial charge in [0.25, 0.3) is 0 Å². The maximum absolute atomic E-state index is 12.5. The van der Waals surface area contributed by atoms with Crippen molar-refractivity contribution in [2.45, 2.75) is 353 Å². The molecule has 0 aromatic carbocycles. The molecule has 0 saturated heterocycles. The molecule has 1 amide bonds. The van der Waals surface area contributed by atoms with E-state index in [1.165, 1.54) is 263 Å². The summed E-state index contributed by atoms with van der Waals surface area (Å²) in [6.07, 6.45) is 76.0. The van der Waals surface area contributed by atoms with Crippen molar-refractivity contribution in [2.24, 2.45) is 0 Å². The molecule has 0 aromatic heterocycles. The zero-order chi connectivity index (χ0) is 51.4. The van der Waals surface area contributed by atoms with Crippen LogP contribution in [0.1, 0.15) is 341 Å². The Hall–Kier alpha value is -1.92. The molecule has 0 aliphatic carbocycles. The lowest BCUT2D eigenvalue weighted by Crippen LogP contribution is -2.45. The number of amides is 1. The Kier molecular flexibility index (Phi) is 59.0. The van der Waals surface area contributed by atoms with Gasteiger partial charge in [-0.2, -0.15) is 0 Å². The van der Waals surface area contributed by atoms with Gasteiger partial charge in [-0.3, -0.25) is 9.59 Å². The molecular weight excluding hydrogens is 875 g/mol. The van der Waals surface area contributed by atoms with E-state index >= 15 is 0 Å². The minimum absolute atomic E-state index is 0.00251. The van der Waals surface area contributed by atoms with Crippen molar-refractivity contribution in [1.82, 2.24) is 5.32 Å². The number of unbranched alkanes of at least 4 members (excludes halogenated alkanes) is 44. The van der Waals surface area contributed by atoms with E-state index in [4.69, 9.17) is 4.74 Å². The number of aliphatic hydroxyl groups is 2. The van der Waals surface area contributed by atoms with E-state index in [2.05, 4.69) is 43.5 Å². The number of esters is 1. The average molecular weight is 999 g/mol. The van der Waals surface area contributed by atoms with Crippen LogP contribution in [0, 0.1) is 0 Å². The van der Waals surface area contributed by atoms with Crippen LogP contribution < -0.4 is 5.32 Å². The van der Waals surface area contributed by atoms with Gasteiger partial charge in [-0.05, 0) is 64.2 Å². The van der Waals surface area contributed by atoms with E-state index < -0.39 is 12.1 Å². The van der Waals surface area contributed by atoms with Gasteiger partial charge in [0.15, 0.2) is 0 Å². The highest BCUT2D eigenvalue weighted by Gasteiger charge is 2.18. The van der Waals surface area contributed by atoms with Gasteiger partial charge in [-0.25, -0.2) is 0 Å². The average Bonchev–Trinajstić information content (AvgIpc) is 3.37. The van der Waals surface area contributed by atoms with Crippen molar-refractivity contribution in [3.05, 3.63) is 36.5 Å². The molecule has 3 N–H and O–H groups in total. The topological polar surface area (TPSA) is 95.9 Å². The van der Waals surface area contributed by atoms with Gasteiger partial charge in [-0.1, -0.05) is 301 Å². The normalized spacial score (nSPS) is 12.8. The summed E-state index contributed by atoms with van der Waals surface area (Å²) in [5, 5.41) is 23.2. The molecule has 0 aromatic rings. The number of hydrogen-bond acceptors (Lipinski definition) is 5. The van der Waals surface area contributed by atoms with Gasteiger partial charge in [0.1, 0.15) is 0 Å². The van der Waals surface area contributed by atoms with E-state index in [1.54, 1.807) is 6.08 Å². The predicted octanol–water partition coefficient (Wildman–Crippen LogP) is 20.0. The predicted molar refractivity (Wildman–Crippen MR) is 310 cm³/mol. The highest BCUT2D eigenvalue weighted by Crippen LogP contribution is 2.17. The maximum Gasteiger partial charge on any atom is 0.305 e. The lowest BCUT2D eigenvalue weighted by atomic mass is 10.0. The Balaban J connectivity index is 3.44. The van der Waals surface area contributed by atoms with Gasteiger partial charge in [0, 0.05) is 12.8 Å².